The molecule has 10 heteroatoms. The Hall–Kier alpha value is -2.85. The molecule has 0 radical (unpaired) electrons. The normalized spacial score (nSPS) is 10.8. The SMILES string of the molecule is CCOC(=O)c1cc(CC)sc1NC(=O)CSc1nnc(COc2cccc(C)c2)n1CC. The fraction of sp³-hybridized carbons (Fsp3) is 0.391. The molecule has 33 heavy (non-hydrogen) atoms. The quantitative estimate of drug-likeness (QED) is 0.308. The Balaban J connectivity index is 1.61. The number of hydrogen-bond donors (Lipinski definition) is 1. The number of carbonyl (C=O) groups is 2. The minimum Gasteiger partial charge on any atom is -0.486 e. The maximum Gasteiger partial charge on any atom is 0.341 e. The molecule has 0 aliphatic rings. The summed E-state index contributed by atoms with van der Waals surface area (Å²) < 4.78 is 12.9. The minimum atomic E-state index is -0.430. The molecule has 1 amide bonds. The van der Waals surface area contributed by atoms with E-state index in [4.69, 9.17) is 9.47 Å². The predicted octanol–water partition coefficient (Wildman–Crippen LogP) is 4.72. The van der Waals surface area contributed by atoms with Crippen molar-refractivity contribution in [3.05, 3.63) is 52.2 Å². The molecule has 0 unspecified atom stereocenters. The van der Waals surface area contributed by atoms with Crippen LogP contribution in [0, 0.1) is 6.92 Å². The van der Waals surface area contributed by atoms with Crippen molar-refractivity contribution < 1.29 is 19.1 Å². The van der Waals surface area contributed by atoms with E-state index in [0.29, 0.717) is 28.1 Å². The topological polar surface area (TPSA) is 95.3 Å². The molecule has 0 spiro atoms. The number of rotatable bonds is 11. The average Bonchev–Trinajstić information content (AvgIpc) is 3.39. The van der Waals surface area contributed by atoms with Crippen LogP contribution in [-0.4, -0.2) is 39.0 Å². The number of thioether (sulfide) groups is 1. The van der Waals surface area contributed by atoms with Crippen LogP contribution in [0.5, 0.6) is 5.75 Å². The highest BCUT2D eigenvalue weighted by molar-refractivity contribution is 7.99. The van der Waals surface area contributed by atoms with Gasteiger partial charge in [-0.15, -0.1) is 21.5 Å². The van der Waals surface area contributed by atoms with Crippen molar-refractivity contribution in [3.63, 3.8) is 0 Å². The van der Waals surface area contributed by atoms with Crippen LogP contribution in [0.2, 0.25) is 0 Å². The maximum absolute atomic E-state index is 12.6. The van der Waals surface area contributed by atoms with Gasteiger partial charge in [-0.2, -0.15) is 0 Å². The molecule has 3 aromatic rings. The van der Waals surface area contributed by atoms with Gasteiger partial charge in [0.25, 0.3) is 0 Å². The van der Waals surface area contributed by atoms with Crippen molar-refractivity contribution in [2.75, 3.05) is 17.7 Å². The van der Waals surface area contributed by atoms with Gasteiger partial charge in [0.05, 0.1) is 17.9 Å². The third-order valence-electron chi connectivity index (χ3n) is 4.68. The third kappa shape index (κ3) is 6.58. The van der Waals surface area contributed by atoms with Crippen molar-refractivity contribution in [3.8, 4) is 5.75 Å². The van der Waals surface area contributed by atoms with E-state index in [9.17, 15) is 9.59 Å². The lowest BCUT2D eigenvalue weighted by atomic mass is 10.2. The maximum atomic E-state index is 12.6. The summed E-state index contributed by atoms with van der Waals surface area (Å²) in [5.41, 5.74) is 1.51. The number of ether oxygens (including phenoxy) is 2. The zero-order valence-corrected chi connectivity index (χ0v) is 20.8. The largest absolute Gasteiger partial charge is 0.486 e. The number of benzene rings is 1. The molecule has 0 fully saturated rings. The zero-order chi connectivity index (χ0) is 23.8. The number of thiophene rings is 1. The molecule has 3 rings (SSSR count). The van der Waals surface area contributed by atoms with Gasteiger partial charge in [-0.05, 0) is 51.0 Å². The number of hydrogen-bond acceptors (Lipinski definition) is 8. The van der Waals surface area contributed by atoms with Gasteiger partial charge < -0.3 is 19.4 Å². The summed E-state index contributed by atoms with van der Waals surface area (Å²) in [5.74, 6) is 0.948. The van der Waals surface area contributed by atoms with Crippen LogP contribution < -0.4 is 10.1 Å². The van der Waals surface area contributed by atoms with Crippen LogP contribution in [0.4, 0.5) is 5.00 Å². The number of esters is 1. The van der Waals surface area contributed by atoms with E-state index in [0.717, 1.165) is 22.6 Å². The Kier molecular flexibility index (Phi) is 8.90. The Bertz CT molecular complexity index is 1110. The van der Waals surface area contributed by atoms with E-state index in [-0.39, 0.29) is 24.9 Å². The first-order valence-electron chi connectivity index (χ1n) is 10.8. The Morgan fingerprint density at radius 3 is 2.70 bits per heavy atom. The van der Waals surface area contributed by atoms with Gasteiger partial charge in [-0.25, -0.2) is 4.79 Å². The summed E-state index contributed by atoms with van der Waals surface area (Å²) in [4.78, 5) is 25.8. The fourth-order valence-corrected chi connectivity index (χ4v) is 4.89. The molecule has 0 saturated carbocycles. The Labute approximate surface area is 201 Å². The monoisotopic (exact) mass is 488 g/mol. The van der Waals surface area contributed by atoms with Crippen LogP contribution in [0.3, 0.4) is 0 Å². The van der Waals surface area contributed by atoms with Gasteiger partial charge in [0.2, 0.25) is 5.91 Å². The van der Waals surface area contributed by atoms with E-state index in [1.807, 2.05) is 49.6 Å². The molecular weight excluding hydrogens is 460 g/mol. The van der Waals surface area contributed by atoms with Gasteiger partial charge >= 0.3 is 5.97 Å². The molecule has 0 atom stereocenters. The highest BCUT2D eigenvalue weighted by Crippen LogP contribution is 2.30. The smallest absolute Gasteiger partial charge is 0.341 e. The second-order valence-electron chi connectivity index (χ2n) is 7.11. The summed E-state index contributed by atoms with van der Waals surface area (Å²) in [5, 5.41) is 12.5. The van der Waals surface area contributed by atoms with Crippen LogP contribution >= 0.6 is 23.1 Å². The number of amides is 1. The van der Waals surface area contributed by atoms with Crippen molar-refractivity contribution in [2.24, 2.45) is 0 Å². The molecule has 1 N–H and O–H groups in total. The van der Waals surface area contributed by atoms with Crippen LogP contribution in [0.15, 0.2) is 35.5 Å². The first-order chi connectivity index (χ1) is 15.9. The third-order valence-corrected chi connectivity index (χ3v) is 6.84. The summed E-state index contributed by atoms with van der Waals surface area (Å²) in [6.07, 6.45) is 0.773. The van der Waals surface area contributed by atoms with Crippen molar-refractivity contribution >= 4 is 40.0 Å². The number of anilines is 1. The first-order valence-corrected chi connectivity index (χ1v) is 12.6. The molecule has 0 aliphatic carbocycles. The average molecular weight is 489 g/mol. The van der Waals surface area contributed by atoms with E-state index >= 15 is 0 Å². The summed E-state index contributed by atoms with van der Waals surface area (Å²) in [6.45, 7) is 8.98. The zero-order valence-electron chi connectivity index (χ0n) is 19.2. The molecule has 176 valence electrons. The molecule has 2 aromatic heterocycles. The van der Waals surface area contributed by atoms with Crippen LogP contribution in [0.1, 0.15) is 47.4 Å². The predicted molar refractivity (Wildman–Crippen MR) is 130 cm³/mol. The lowest BCUT2D eigenvalue weighted by Crippen LogP contribution is -2.16. The Morgan fingerprint density at radius 2 is 2.00 bits per heavy atom. The number of aromatic nitrogens is 3. The summed E-state index contributed by atoms with van der Waals surface area (Å²) >= 11 is 2.68. The van der Waals surface area contributed by atoms with E-state index in [1.165, 1.54) is 23.1 Å². The number of nitrogens with zero attached hydrogens (tertiary/aromatic N) is 3. The Morgan fingerprint density at radius 1 is 1.18 bits per heavy atom. The summed E-state index contributed by atoms with van der Waals surface area (Å²) in [6, 6.07) is 9.60. The van der Waals surface area contributed by atoms with Crippen LogP contribution in [0.25, 0.3) is 0 Å². The van der Waals surface area contributed by atoms with E-state index in [2.05, 4.69) is 15.5 Å². The van der Waals surface area contributed by atoms with Crippen molar-refractivity contribution in [1.29, 1.82) is 0 Å². The fourth-order valence-electron chi connectivity index (χ4n) is 3.07. The highest BCUT2D eigenvalue weighted by atomic mass is 32.2. The van der Waals surface area contributed by atoms with Gasteiger partial charge in [-0.3, -0.25) is 4.79 Å². The molecule has 1 aromatic carbocycles. The molecule has 8 nitrogen and oxygen atoms in total. The molecule has 0 bridgehead atoms. The first kappa shape index (κ1) is 24.8. The number of nitrogens with one attached hydrogen (secondary N) is 1. The van der Waals surface area contributed by atoms with E-state index < -0.39 is 5.97 Å². The minimum absolute atomic E-state index is 0.137. The molecule has 2 heterocycles. The van der Waals surface area contributed by atoms with Gasteiger partial charge in [0.15, 0.2) is 11.0 Å². The molecule has 0 aliphatic heterocycles. The van der Waals surface area contributed by atoms with Gasteiger partial charge in [0.1, 0.15) is 17.4 Å². The van der Waals surface area contributed by atoms with E-state index in [1.54, 1.807) is 13.0 Å². The molecular formula is C23H28N4O4S2. The van der Waals surface area contributed by atoms with Crippen LogP contribution in [-0.2, 0) is 29.1 Å². The van der Waals surface area contributed by atoms with Gasteiger partial charge in [0, 0.05) is 11.4 Å². The highest BCUT2D eigenvalue weighted by Gasteiger charge is 2.20. The number of aryl methyl sites for hydroxylation is 2. The van der Waals surface area contributed by atoms with Gasteiger partial charge in [-0.1, -0.05) is 30.8 Å². The standard InChI is InChI=1S/C23H28N4O4S2/c1-5-17-12-18(22(29)30-7-3)21(33-17)24-20(28)14-32-23-26-25-19(27(23)6-2)13-31-16-10-8-9-15(4)11-16/h8-12H,5-7,13-14H2,1-4H3,(H,24,28). The lowest BCUT2D eigenvalue weighted by molar-refractivity contribution is -0.113. The van der Waals surface area contributed by atoms with Crippen molar-refractivity contribution in [1.82, 2.24) is 14.8 Å². The van der Waals surface area contributed by atoms with Crippen molar-refractivity contribution in [2.45, 2.75) is 52.4 Å². The summed E-state index contributed by atoms with van der Waals surface area (Å²) in [7, 11) is 0. The number of carbonyl (C=O) groups excluding carboxylic acids is 2. The lowest BCUT2D eigenvalue weighted by Gasteiger charge is -2.09. The second kappa shape index (κ2) is 11.9. The molecule has 0 saturated heterocycles. The second-order valence-corrected chi connectivity index (χ2v) is 9.19.